The number of hydrogen-bond acceptors (Lipinski definition) is 5. The Kier molecular flexibility index (Phi) is 6.67. The molecule has 4 rings (SSSR count). The van der Waals surface area contributed by atoms with Crippen LogP contribution in [0.3, 0.4) is 0 Å². The van der Waals surface area contributed by atoms with E-state index < -0.39 is 23.5 Å². The fourth-order valence-electron chi connectivity index (χ4n) is 4.29. The summed E-state index contributed by atoms with van der Waals surface area (Å²) in [6.07, 6.45) is 0.628. The molecule has 1 amide bonds. The Labute approximate surface area is 186 Å². The van der Waals surface area contributed by atoms with Gasteiger partial charge in [0.1, 0.15) is 11.6 Å². The third-order valence-corrected chi connectivity index (χ3v) is 6.04. The quantitative estimate of drug-likeness (QED) is 0.426. The van der Waals surface area contributed by atoms with Crippen LogP contribution in [0.15, 0.2) is 54.1 Å². The second-order valence-electron chi connectivity index (χ2n) is 8.19. The molecule has 2 aromatic carbocycles. The number of Topliss-reactive ketones (excluding diaryl/α,β-unsaturated/α-hetero) is 1. The summed E-state index contributed by atoms with van der Waals surface area (Å²) in [5, 5.41) is 11.0. The van der Waals surface area contributed by atoms with Gasteiger partial charge >= 0.3 is 0 Å². The lowest BCUT2D eigenvalue weighted by Gasteiger charge is -2.29. The van der Waals surface area contributed by atoms with Crippen LogP contribution in [0.1, 0.15) is 29.2 Å². The number of carbonyl (C=O) groups is 2. The molecule has 1 N–H and O–H groups in total. The van der Waals surface area contributed by atoms with Crippen LogP contribution >= 0.6 is 0 Å². The maximum atomic E-state index is 14.8. The second-order valence-corrected chi connectivity index (χ2v) is 8.19. The number of carbonyl (C=O) groups excluding carboxylic acids is 2. The number of aliphatic hydroxyl groups excluding tert-OH is 1. The van der Waals surface area contributed by atoms with Gasteiger partial charge in [-0.05, 0) is 19.4 Å². The van der Waals surface area contributed by atoms with Crippen LogP contribution in [0, 0.1) is 12.7 Å². The van der Waals surface area contributed by atoms with Crippen molar-refractivity contribution in [3.05, 3.63) is 76.6 Å². The molecular formula is C25H27FN2O4. The van der Waals surface area contributed by atoms with Gasteiger partial charge in [-0.25, -0.2) is 4.39 Å². The maximum Gasteiger partial charge on any atom is 0.295 e. The Balaban J connectivity index is 1.68. The van der Waals surface area contributed by atoms with Crippen LogP contribution in [0.25, 0.3) is 5.76 Å². The van der Waals surface area contributed by atoms with Gasteiger partial charge < -0.3 is 14.7 Å². The minimum absolute atomic E-state index is 0.0738. The predicted octanol–water partition coefficient (Wildman–Crippen LogP) is 3.28. The summed E-state index contributed by atoms with van der Waals surface area (Å²) in [6.45, 7) is 5.94. The fraction of sp³-hybridized carbons (Fsp3) is 0.360. The monoisotopic (exact) mass is 438 g/mol. The summed E-state index contributed by atoms with van der Waals surface area (Å²) in [7, 11) is 0. The maximum absolute atomic E-state index is 14.8. The number of ether oxygens (including phenoxy) is 1. The average Bonchev–Trinajstić information content (AvgIpc) is 3.05. The molecule has 6 nitrogen and oxygen atoms in total. The summed E-state index contributed by atoms with van der Waals surface area (Å²) in [5.41, 5.74) is 1.54. The van der Waals surface area contributed by atoms with Gasteiger partial charge in [-0.15, -0.1) is 0 Å². The van der Waals surface area contributed by atoms with E-state index in [2.05, 4.69) is 4.90 Å². The number of rotatable bonds is 6. The lowest BCUT2D eigenvalue weighted by atomic mass is 9.94. The van der Waals surface area contributed by atoms with Gasteiger partial charge in [0.25, 0.3) is 11.7 Å². The number of ketones is 1. The first-order chi connectivity index (χ1) is 15.5. The minimum Gasteiger partial charge on any atom is -0.507 e. The molecule has 1 unspecified atom stereocenters. The summed E-state index contributed by atoms with van der Waals surface area (Å²) in [4.78, 5) is 29.6. The van der Waals surface area contributed by atoms with Crippen molar-refractivity contribution in [2.24, 2.45) is 0 Å². The van der Waals surface area contributed by atoms with Crippen molar-refractivity contribution in [1.29, 1.82) is 0 Å². The molecule has 0 saturated carbocycles. The molecule has 0 bridgehead atoms. The van der Waals surface area contributed by atoms with E-state index in [1.54, 1.807) is 30.3 Å². The van der Waals surface area contributed by atoms with Crippen molar-refractivity contribution < 1.29 is 23.8 Å². The van der Waals surface area contributed by atoms with E-state index in [1.807, 2.05) is 19.1 Å². The molecule has 2 saturated heterocycles. The summed E-state index contributed by atoms with van der Waals surface area (Å²) in [6, 6.07) is 12.1. The van der Waals surface area contributed by atoms with Gasteiger partial charge in [0.2, 0.25) is 0 Å². The summed E-state index contributed by atoms with van der Waals surface area (Å²) in [5.74, 6) is -2.31. The number of halogens is 1. The van der Waals surface area contributed by atoms with Crippen molar-refractivity contribution in [2.75, 3.05) is 39.4 Å². The fourth-order valence-corrected chi connectivity index (χ4v) is 4.29. The Morgan fingerprint density at radius 1 is 1.06 bits per heavy atom. The smallest absolute Gasteiger partial charge is 0.295 e. The van der Waals surface area contributed by atoms with E-state index in [4.69, 9.17) is 4.74 Å². The number of nitrogens with zero attached hydrogens (tertiary/aromatic N) is 2. The van der Waals surface area contributed by atoms with Crippen molar-refractivity contribution in [2.45, 2.75) is 19.4 Å². The van der Waals surface area contributed by atoms with Crippen molar-refractivity contribution in [3.8, 4) is 0 Å². The van der Waals surface area contributed by atoms with Gasteiger partial charge in [-0.3, -0.25) is 14.5 Å². The molecule has 168 valence electrons. The molecule has 32 heavy (non-hydrogen) atoms. The lowest BCUT2D eigenvalue weighted by molar-refractivity contribution is -0.140. The van der Waals surface area contributed by atoms with Crippen LogP contribution in [0.2, 0.25) is 0 Å². The molecule has 2 aromatic rings. The van der Waals surface area contributed by atoms with Crippen LogP contribution in [0.4, 0.5) is 4.39 Å². The molecule has 2 fully saturated rings. The molecule has 2 aliphatic rings. The first-order valence-corrected chi connectivity index (χ1v) is 10.9. The summed E-state index contributed by atoms with van der Waals surface area (Å²) < 4.78 is 20.2. The standard InChI is InChI=1S/C25H27FN2O4/c1-17-7-9-18(10-8-17)23(29)21-22(19-5-2-3-6-20(19)26)28(25(31)24(21)30)12-4-11-27-13-15-32-16-14-27/h2-3,5-10,22,29H,4,11-16H2,1H3/b23-21-. The van der Waals surface area contributed by atoms with E-state index in [0.29, 0.717) is 25.2 Å². The average molecular weight is 438 g/mol. The number of likely N-dealkylation sites (tertiary alicyclic amines) is 1. The molecule has 0 aliphatic carbocycles. The minimum atomic E-state index is -0.970. The van der Waals surface area contributed by atoms with Gasteiger partial charge in [0.05, 0.1) is 24.8 Å². The predicted molar refractivity (Wildman–Crippen MR) is 118 cm³/mol. The van der Waals surface area contributed by atoms with Gasteiger partial charge in [0, 0.05) is 37.3 Å². The number of aliphatic hydroxyl groups is 1. The number of benzene rings is 2. The molecule has 0 aromatic heterocycles. The molecular weight excluding hydrogens is 411 g/mol. The Hall–Kier alpha value is -3.03. The Morgan fingerprint density at radius 3 is 2.44 bits per heavy atom. The van der Waals surface area contributed by atoms with Crippen LogP contribution in [0.5, 0.6) is 0 Å². The number of hydrogen-bond donors (Lipinski definition) is 1. The highest BCUT2D eigenvalue weighted by Crippen LogP contribution is 2.40. The first kappa shape index (κ1) is 22.2. The van der Waals surface area contributed by atoms with E-state index in [9.17, 15) is 19.1 Å². The highest BCUT2D eigenvalue weighted by molar-refractivity contribution is 6.46. The Morgan fingerprint density at radius 2 is 1.75 bits per heavy atom. The SMILES string of the molecule is Cc1ccc(/C(O)=C2/C(=O)C(=O)N(CCCN3CCOCC3)C2c2ccccc2F)cc1. The second kappa shape index (κ2) is 9.63. The van der Waals surface area contributed by atoms with E-state index in [1.165, 1.54) is 11.0 Å². The lowest BCUT2D eigenvalue weighted by Crippen LogP contribution is -2.39. The first-order valence-electron chi connectivity index (χ1n) is 10.9. The number of amides is 1. The van der Waals surface area contributed by atoms with E-state index >= 15 is 0 Å². The number of aryl methyl sites for hydroxylation is 1. The van der Waals surface area contributed by atoms with E-state index in [-0.39, 0.29) is 23.4 Å². The molecule has 1 atom stereocenters. The molecule has 0 radical (unpaired) electrons. The third-order valence-electron chi connectivity index (χ3n) is 6.04. The largest absolute Gasteiger partial charge is 0.507 e. The van der Waals surface area contributed by atoms with Crippen LogP contribution < -0.4 is 0 Å². The van der Waals surface area contributed by atoms with E-state index in [0.717, 1.165) is 25.2 Å². The molecule has 2 aliphatic heterocycles. The molecule has 2 heterocycles. The van der Waals surface area contributed by atoms with Crippen molar-refractivity contribution in [1.82, 2.24) is 9.80 Å². The van der Waals surface area contributed by atoms with Gasteiger partial charge in [-0.1, -0.05) is 48.0 Å². The highest BCUT2D eigenvalue weighted by Gasteiger charge is 2.46. The molecule has 0 spiro atoms. The van der Waals surface area contributed by atoms with Gasteiger partial charge in [-0.2, -0.15) is 0 Å². The zero-order valence-electron chi connectivity index (χ0n) is 18.1. The summed E-state index contributed by atoms with van der Waals surface area (Å²) >= 11 is 0. The highest BCUT2D eigenvalue weighted by atomic mass is 19.1. The third kappa shape index (κ3) is 4.45. The van der Waals surface area contributed by atoms with Crippen molar-refractivity contribution >= 4 is 17.4 Å². The van der Waals surface area contributed by atoms with Gasteiger partial charge in [0.15, 0.2) is 0 Å². The van der Waals surface area contributed by atoms with Crippen LogP contribution in [-0.2, 0) is 14.3 Å². The van der Waals surface area contributed by atoms with Crippen LogP contribution in [-0.4, -0.2) is 66.0 Å². The zero-order valence-corrected chi connectivity index (χ0v) is 18.1. The topological polar surface area (TPSA) is 70.1 Å². The normalized spacial score (nSPS) is 21.3. The Bertz CT molecular complexity index is 1030. The number of morpholine rings is 1. The van der Waals surface area contributed by atoms with Crippen molar-refractivity contribution in [3.63, 3.8) is 0 Å². The zero-order chi connectivity index (χ0) is 22.7. The molecule has 7 heteroatoms.